The van der Waals surface area contributed by atoms with Crippen LogP contribution in [0.4, 0.5) is 11.4 Å². The second kappa shape index (κ2) is 10.3. The zero-order chi connectivity index (χ0) is 20.5. The largest absolute Gasteiger partial charge is 0.351 e. The third kappa shape index (κ3) is 5.82. The zero-order valence-corrected chi connectivity index (χ0v) is 17.2. The number of Topliss-reactive ketones (excluding diaryl/α,β-unsaturated/α-hetero) is 1. The molecule has 0 N–H and O–H groups in total. The van der Waals surface area contributed by atoms with Crippen molar-refractivity contribution in [2.24, 2.45) is 0 Å². The van der Waals surface area contributed by atoms with Gasteiger partial charge in [-0.25, -0.2) is 0 Å². The van der Waals surface area contributed by atoms with E-state index in [4.69, 9.17) is 0 Å². The lowest BCUT2D eigenvalue weighted by atomic mass is 9.88. The molecule has 0 atom stereocenters. The SMILES string of the molecule is CN(/C=C/C=C1\CCC/C(=C\C=C\N(C)c2ccccc2)C1=O)c1ccccc1. The van der Waals surface area contributed by atoms with Crippen molar-refractivity contribution in [3.8, 4) is 0 Å². The lowest BCUT2D eigenvalue weighted by molar-refractivity contribution is -0.113. The second-order valence-electron chi connectivity index (χ2n) is 7.14. The van der Waals surface area contributed by atoms with E-state index in [1.807, 2.05) is 97.0 Å². The van der Waals surface area contributed by atoms with Crippen molar-refractivity contribution in [2.75, 3.05) is 23.9 Å². The molecule has 1 aliphatic rings. The Morgan fingerprint density at radius 2 is 1.10 bits per heavy atom. The van der Waals surface area contributed by atoms with Crippen LogP contribution in [-0.2, 0) is 4.79 Å². The van der Waals surface area contributed by atoms with Gasteiger partial charge in [-0.2, -0.15) is 0 Å². The Kier molecular flexibility index (Phi) is 7.23. The molecule has 1 fully saturated rings. The fraction of sp³-hybridized carbons (Fsp3) is 0.192. The molecule has 29 heavy (non-hydrogen) atoms. The quantitative estimate of drug-likeness (QED) is 0.580. The van der Waals surface area contributed by atoms with Crippen molar-refractivity contribution in [1.82, 2.24) is 0 Å². The molecule has 148 valence electrons. The average molecular weight is 385 g/mol. The zero-order valence-electron chi connectivity index (χ0n) is 17.2. The Hall–Kier alpha value is -3.33. The summed E-state index contributed by atoms with van der Waals surface area (Å²) in [5.41, 5.74) is 3.99. The molecule has 0 aliphatic heterocycles. The molecule has 1 saturated carbocycles. The Morgan fingerprint density at radius 3 is 1.52 bits per heavy atom. The van der Waals surface area contributed by atoms with Crippen LogP contribution in [0.5, 0.6) is 0 Å². The van der Waals surface area contributed by atoms with Gasteiger partial charge in [-0.15, -0.1) is 0 Å². The summed E-state index contributed by atoms with van der Waals surface area (Å²) in [4.78, 5) is 16.9. The number of anilines is 2. The minimum absolute atomic E-state index is 0.162. The van der Waals surface area contributed by atoms with Gasteiger partial charge in [0.25, 0.3) is 0 Å². The fourth-order valence-corrected chi connectivity index (χ4v) is 3.30. The van der Waals surface area contributed by atoms with E-state index >= 15 is 0 Å². The number of carbonyl (C=O) groups excluding carboxylic acids is 1. The van der Waals surface area contributed by atoms with E-state index in [1.54, 1.807) is 0 Å². The first kappa shape index (κ1) is 20.4. The first-order valence-electron chi connectivity index (χ1n) is 10.0. The highest BCUT2D eigenvalue weighted by Crippen LogP contribution is 2.25. The van der Waals surface area contributed by atoms with Crippen LogP contribution >= 0.6 is 0 Å². The molecule has 0 saturated heterocycles. The predicted octanol–water partition coefficient (Wildman–Crippen LogP) is 5.89. The van der Waals surface area contributed by atoms with Gasteiger partial charge in [0.05, 0.1) is 0 Å². The Bertz CT molecular complexity index is 848. The lowest BCUT2D eigenvalue weighted by Gasteiger charge is -2.16. The smallest absolute Gasteiger partial charge is 0.184 e. The van der Waals surface area contributed by atoms with Crippen molar-refractivity contribution in [3.05, 3.63) is 109 Å². The van der Waals surface area contributed by atoms with E-state index in [1.165, 1.54) is 0 Å². The second-order valence-corrected chi connectivity index (χ2v) is 7.14. The van der Waals surface area contributed by atoms with Gasteiger partial charge in [-0.1, -0.05) is 48.6 Å². The summed E-state index contributed by atoms with van der Waals surface area (Å²) in [5, 5.41) is 0. The average Bonchev–Trinajstić information content (AvgIpc) is 2.77. The first-order valence-corrected chi connectivity index (χ1v) is 10.0. The van der Waals surface area contributed by atoms with E-state index in [9.17, 15) is 4.79 Å². The van der Waals surface area contributed by atoms with Crippen molar-refractivity contribution in [2.45, 2.75) is 19.3 Å². The van der Waals surface area contributed by atoms with E-state index in [0.717, 1.165) is 41.8 Å². The number of para-hydroxylation sites is 2. The number of ketones is 1. The van der Waals surface area contributed by atoms with Gasteiger partial charge < -0.3 is 9.80 Å². The molecule has 3 rings (SSSR count). The summed E-state index contributed by atoms with van der Waals surface area (Å²) in [5.74, 6) is 0.162. The predicted molar refractivity (Wildman–Crippen MR) is 123 cm³/mol. The molecule has 0 aromatic heterocycles. The Balaban J connectivity index is 1.63. The van der Waals surface area contributed by atoms with Gasteiger partial charge in [0, 0.05) is 37.9 Å². The molecule has 0 spiro atoms. The maximum atomic E-state index is 12.8. The van der Waals surface area contributed by atoms with E-state index in [2.05, 4.69) is 24.3 Å². The lowest BCUT2D eigenvalue weighted by Crippen LogP contribution is -2.12. The number of allylic oxidation sites excluding steroid dienone is 6. The monoisotopic (exact) mass is 384 g/mol. The molecule has 0 heterocycles. The van der Waals surface area contributed by atoms with E-state index < -0.39 is 0 Å². The van der Waals surface area contributed by atoms with Crippen LogP contribution in [0.25, 0.3) is 0 Å². The molecule has 0 unspecified atom stereocenters. The number of carbonyl (C=O) groups is 1. The van der Waals surface area contributed by atoms with Gasteiger partial charge in [-0.3, -0.25) is 4.79 Å². The summed E-state index contributed by atoms with van der Waals surface area (Å²) in [7, 11) is 4.01. The summed E-state index contributed by atoms with van der Waals surface area (Å²) in [6.45, 7) is 0. The number of hydrogen-bond acceptors (Lipinski definition) is 3. The Morgan fingerprint density at radius 1 is 0.690 bits per heavy atom. The van der Waals surface area contributed by atoms with Crippen LogP contribution in [-0.4, -0.2) is 19.9 Å². The summed E-state index contributed by atoms with van der Waals surface area (Å²) >= 11 is 0. The van der Waals surface area contributed by atoms with Crippen LogP contribution in [0.15, 0.2) is 109 Å². The van der Waals surface area contributed by atoms with Crippen LogP contribution in [0.1, 0.15) is 19.3 Å². The maximum Gasteiger partial charge on any atom is 0.184 e. The van der Waals surface area contributed by atoms with E-state index in [0.29, 0.717) is 0 Å². The van der Waals surface area contributed by atoms with Crippen LogP contribution < -0.4 is 9.80 Å². The molecular formula is C26H28N2O. The number of rotatable bonds is 6. The highest BCUT2D eigenvalue weighted by molar-refractivity contribution is 6.09. The highest BCUT2D eigenvalue weighted by Gasteiger charge is 2.19. The molecule has 2 aromatic rings. The molecule has 3 heteroatoms. The van der Waals surface area contributed by atoms with Crippen molar-refractivity contribution >= 4 is 17.2 Å². The highest BCUT2D eigenvalue weighted by atomic mass is 16.1. The molecule has 3 nitrogen and oxygen atoms in total. The standard InChI is InChI=1S/C26H28N2O/c1-27(24-16-5-3-6-17-24)20-10-14-22-12-9-13-23(26(22)29)15-11-21-28(2)25-18-7-4-8-19-25/h3-8,10-11,14-21H,9,12-13H2,1-2H3/b20-10+,21-11+,22-14+,23-15+. The summed E-state index contributed by atoms with van der Waals surface area (Å²) in [6, 6.07) is 20.3. The van der Waals surface area contributed by atoms with E-state index in [-0.39, 0.29) is 5.78 Å². The van der Waals surface area contributed by atoms with Gasteiger partial charge in [0.15, 0.2) is 5.78 Å². The van der Waals surface area contributed by atoms with Crippen LogP contribution in [0.3, 0.4) is 0 Å². The third-order valence-electron chi connectivity index (χ3n) is 5.02. The number of nitrogens with zero attached hydrogens (tertiary/aromatic N) is 2. The molecule has 0 radical (unpaired) electrons. The third-order valence-corrected chi connectivity index (χ3v) is 5.02. The van der Waals surface area contributed by atoms with Crippen LogP contribution in [0, 0.1) is 0 Å². The van der Waals surface area contributed by atoms with Crippen molar-refractivity contribution in [3.63, 3.8) is 0 Å². The minimum atomic E-state index is 0.162. The topological polar surface area (TPSA) is 23.6 Å². The molecule has 1 aliphatic carbocycles. The summed E-state index contributed by atoms with van der Waals surface area (Å²) < 4.78 is 0. The maximum absolute atomic E-state index is 12.8. The molecule has 2 aromatic carbocycles. The Labute approximate surface area is 174 Å². The fourth-order valence-electron chi connectivity index (χ4n) is 3.30. The first-order chi connectivity index (χ1) is 14.1. The molecule has 0 amide bonds. The number of benzene rings is 2. The van der Waals surface area contributed by atoms with Crippen LogP contribution in [0.2, 0.25) is 0 Å². The number of hydrogen-bond donors (Lipinski definition) is 0. The summed E-state index contributed by atoms with van der Waals surface area (Å²) in [6.07, 6.45) is 14.5. The van der Waals surface area contributed by atoms with Gasteiger partial charge in [-0.05, 0) is 66.8 Å². The van der Waals surface area contributed by atoms with Crippen molar-refractivity contribution < 1.29 is 4.79 Å². The molecular weight excluding hydrogens is 356 g/mol. The van der Waals surface area contributed by atoms with Gasteiger partial charge >= 0.3 is 0 Å². The normalized spacial score (nSPS) is 17.5. The minimum Gasteiger partial charge on any atom is -0.351 e. The van der Waals surface area contributed by atoms with Crippen molar-refractivity contribution in [1.29, 1.82) is 0 Å². The van der Waals surface area contributed by atoms with Gasteiger partial charge in [0.2, 0.25) is 0 Å². The van der Waals surface area contributed by atoms with Gasteiger partial charge in [0.1, 0.15) is 0 Å². The molecule has 0 bridgehead atoms.